The average molecular weight is 280 g/mol. The molecule has 0 fully saturated rings. The number of rotatable bonds is 7. The molecule has 0 unspecified atom stereocenters. The van der Waals surface area contributed by atoms with Gasteiger partial charge in [-0.2, -0.15) is 0 Å². The summed E-state index contributed by atoms with van der Waals surface area (Å²) < 4.78 is 26.1. The van der Waals surface area contributed by atoms with E-state index in [0.29, 0.717) is 19.4 Å². The van der Waals surface area contributed by atoms with E-state index in [-0.39, 0.29) is 5.75 Å². The molecule has 19 heavy (non-hydrogen) atoms. The second-order valence-corrected chi connectivity index (χ2v) is 6.00. The molecule has 0 aliphatic heterocycles. The molecule has 7 heteroatoms. The third kappa shape index (κ3) is 4.80. The van der Waals surface area contributed by atoms with Crippen molar-refractivity contribution in [3.8, 4) is 0 Å². The van der Waals surface area contributed by atoms with Crippen molar-refractivity contribution in [3.05, 3.63) is 48.3 Å². The van der Waals surface area contributed by atoms with E-state index in [1.807, 2.05) is 12.1 Å². The molecule has 2 aromatic heterocycles. The Labute approximate surface area is 112 Å². The number of aryl methyl sites for hydroxylation is 1. The summed E-state index contributed by atoms with van der Waals surface area (Å²) in [6.07, 6.45) is 5.98. The topological polar surface area (TPSA) is 87.7 Å². The van der Waals surface area contributed by atoms with Gasteiger partial charge >= 0.3 is 0 Å². The lowest BCUT2D eigenvalue weighted by atomic mass is 10.3. The van der Waals surface area contributed by atoms with E-state index < -0.39 is 10.0 Å². The number of sulfonamides is 1. The van der Waals surface area contributed by atoms with Crippen LogP contribution in [0.5, 0.6) is 0 Å². The summed E-state index contributed by atoms with van der Waals surface area (Å²) in [5.74, 6) is 0.815. The Hall–Kier alpha value is -1.73. The lowest BCUT2D eigenvalue weighted by molar-refractivity contribution is 0.580. The molecule has 0 amide bonds. The minimum Gasteiger partial charge on any atom is -0.349 e. The van der Waals surface area contributed by atoms with Gasteiger partial charge in [0.15, 0.2) is 0 Å². The van der Waals surface area contributed by atoms with Crippen LogP contribution in [0.1, 0.15) is 11.5 Å². The first-order valence-electron chi connectivity index (χ1n) is 6.01. The van der Waals surface area contributed by atoms with E-state index in [4.69, 9.17) is 0 Å². The maximum absolute atomic E-state index is 11.8. The first-order chi connectivity index (χ1) is 9.16. The number of nitrogens with zero attached hydrogens (tertiary/aromatic N) is 2. The molecule has 0 radical (unpaired) electrons. The lowest BCUT2D eigenvalue weighted by Gasteiger charge is -2.05. The SMILES string of the molecule is O=S(=O)(CCc1ccccn1)NCCc1ncc[nH]1. The molecular weight excluding hydrogens is 264 g/mol. The summed E-state index contributed by atoms with van der Waals surface area (Å²) in [6.45, 7) is 0.345. The summed E-state index contributed by atoms with van der Waals surface area (Å²) in [6, 6.07) is 5.47. The van der Waals surface area contributed by atoms with Crippen molar-refractivity contribution < 1.29 is 8.42 Å². The third-order valence-electron chi connectivity index (χ3n) is 2.59. The van der Waals surface area contributed by atoms with Crippen molar-refractivity contribution in [2.45, 2.75) is 12.8 Å². The van der Waals surface area contributed by atoms with E-state index in [0.717, 1.165) is 11.5 Å². The summed E-state index contributed by atoms with van der Waals surface area (Å²) in [5.41, 5.74) is 0.777. The second kappa shape index (κ2) is 6.44. The van der Waals surface area contributed by atoms with Gasteiger partial charge in [-0.3, -0.25) is 4.98 Å². The molecule has 0 aliphatic carbocycles. The van der Waals surface area contributed by atoms with E-state index in [9.17, 15) is 8.42 Å². The number of aromatic nitrogens is 3. The quantitative estimate of drug-likeness (QED) is 0.773. The van der Waals surface area contributed by atoms with Crippen molar-refractivity contribution in [3.63, 3.8) is 0 Å². The number of nitrogens with one attached hydrogen (secondary N) is 2. The molecular formula is C12H16N4O2S. The molecule has 2 N–H and O–H groups in total. The summed E-state index contributed by atoms with van der Waals surface area (Å²) in [4.78, 5) is 11.0. The Kier molecular flexibility index (Phi) is 4.64. The zero-order chi connectivity index (χ0) is 13.6. The van der Waals surface area contributed by atoms with Gasteiger partial charge in [-0.25, -0.2) is 18.1 Å². The predicted octanol–water partition coefficient (Wildman–Crippen LogP) is 0.509. The Balaban J connectivity index is 1.76. The minimum atomic E-state index is -3.26. The third-order valence-corrected chi connectivity index (χ3v) is 3.98. The zero-order valence-electron chi connectivity index (χ0n) is 10.4. The molecule has 0 atom stereocenters. The molecule has 2 heterocycles. The fraction of sp³-hybridized carbons (Fsp3) is 0.333. The standard InChI is InChI=1S/C12H16N4O2S/c17-19(18,10-5-11-3-1-2-6-13-11)16-7-4-12-14-8-9-15-12/h1-3,6,8-9,16H,4-5,7,10H2,(H,14,15). The molecule has 0 saturated heterocycles. The number of hydrogen-bond acceptors (Lipinski definition) is 4. The largest absolute Gasteiger partial charge is 0.349 e. The van der Waals surface area contributed by atoms with E-state index in [1.54, 1.807) is 24.7 Å². The first kappa shape index (κ1) is 13.7. The highest BCUT2D eigenvalue weighted by Gasteiger charge is 2.10. The van der Waals surface area contributed by atoms with Gasteiger partial charge in [0.25, 0.3) is 0 Å². The number of imidazole rings is 1. The van der Waals surface area contributed by atoms with Gasteiger partial charge in [-0.05, 0) is 12.1 Å². The van der Waals surface area contributed by atoms with Crippen LogP contribution >= 0.6 is 0 Å². The number of hydrogen-bond donors (Lipinski definition) is 2. The highest BCUT2D eigenvalue weighted by atomic mass is 32.2. The zero-order valence-corrected chi connectivity index (χ0v) is 11.2. The van der Waals surface area contributed by atoms with Crippen LogP contribution in [-0.4, -0.2) is 35.7 Å². The monoisotopic (exact) mass is 280 g/mol. The number of pyridine rings is 1. The molecule has 0 aliphatic rings. The van der Waals surface area contributed by atoms with Gasteiger partial charge in [-0.15, -0.1) is 0 Å². The summed E-state index contributed by atoms with van der Waals surface area (Å²) >= 11 is 0. The lowest BCUT2D eigenvalue weighted by Crippen LogP contribution is -2.29. The van der Waals surface area contributed by atoms with Crippen LogP contribution in [0.15, 0.2) is 36.8 Å². The van der Waals surface area contributed by atoms with Gasteiger partial charge < -0.3 is 4.98 Å². The van der Waals surface area contributed by atoms with Gasteiger partial charge in [0.1, 0.15) is 5.82 Å². The molecule has 0 saturated carbocycles. The molecule has 102 valence electrons. The van der Waals surface area contributed by atoms with Gasteiger partial charge in [0.2, 0.25) is 10.0 Å². The molecule has 6 nitrogen and oxygen atoms in total. The first-order valence-corrected chi connectivity index (χ1v) is 7.66. The molecule has 0 aromatic carbocycles. The van der Waals surface area contributed by atoms with E-state index in [2.05, 4.69) is 19.7 Å². The van der Waals surface area contributed by atoms with Crippen molar-refractivity contribution in [2.24, 2.45) is 0 Å². The molecule has 0 bridgehead atoms. The van der Waals surface area contributed by atoms with Crippen LogP contribution < -0.4 is 4.72 Å². The van der Waals surface area contributed by atoms with Crippen molar-refractivity contribution in [1.82, 2.24) is 19.7 Å². The molecule has 0 spiro atoms. The Morgan fingerprint density at radius 1 is 1.16 bits per heavy atom. The summed E-state index contributed by atoms with van der Waals surface area (Å²) in [7, 11) is -3.26. The summed E-state index contributed by atoms with van der Waals surface area (Å²) in [5, 5.41) is 0. The van der Waals surface area contributed by atoms with Crippen molar-refractivity contribution in [2.75, 3.05) is 12.3 Å². The predicted molar refractivity (Wildman–Crippen MR) is 72.0 cm³/mol. The molecule has 2 rings (SSSR count). The Morgan fingerprint density at radius 3 is 2.74 bits per heavy atom. The smallest absolute Gasteiger partial charge is 0.211 e. The van der Waals surface area contributed by atoms with Crippen LogP contribution in [0.4, 0.5) is 0 Å². The number of H-pyrrole nitrogens is 1. The van der Waals surface area contributed by atoms with Crippen molar-refractivity contribution >= 4 is 10.0 Å². The van der Waals surface area contributed by atoms with E-state index >= 15 is 0 Å². The maximum Gasteiger partial charge on any atom is 0.211 e. The van der Waals surface area contributed by atoms with Gasteiger partial charge in [0, 0.05) is 43.7 Å². The Morgan fingerprint density at radius 2 is 2.05 bits per heavy atom. The fourth-order valence-electron chi connectivity index (χ4n) is 1.62. The van der Waals surface area contributed by atoms with E-state index in [1.165, 1.54) is 0 Å². The normalized spacial score (nSPS) is 11.6. The minimum absolute atomic E-state index is 0.0438. The van der Waals surface area contributed by atoms with Crippen LogP contribution in [0.3, 0.4) is 0 Å². The average Bonchev–Trinajstić information content (AvgIpc) is 2.91. The van der Waals surface area contributed by atoms with Crippen molar-refractivity contribution in [1.29, 1.82) is 0 Å². The fourth-order valence-corrected chi connectivity index (χ4v) is 2.65. The number of aromatic amines is 1. The van der Waals surface area contributed by atoms with Crippen LogP contribution in [0, 0.1) is 0 Å². The van der Waals surface area contributed by atoms with Gasteiger partial charge in [0.05, 0.1) is 5.75 Å². The van der Waals surface area contributed by atoms with Crippen LogP contribution in [0.25, 0.3) is 0 Å². The van der Waals surface area contributed by atoms with Crippen LogP contribution in [0.2, 0.25) is 0 Å². The molecule has 2 aromatic rings. The highest BCUT2D eigenvalue weighted by Crippen LogP contribution is 1.98. The Bertz CT molecular complexity index is 581. The highest BCUT2D eigenvalue weighted by molar-refractivity contribution is 7.89. The van der Waals surface area contributed by atoms with Crippen LogP contribution in [-0.2, 0) is 22.9 Å². The van der Waals surface area contributed by atoms with Gasteiger partial charge in [-0.1, -0.05) is 6.07 Å². The second-order valence-electron chi connectivity index (χ2n) is 4.07. The maximum atomic E-state index is 11.8.